The topological polar surface area (TPSA) is 42.2 Å². The first-order chi connectivity index (χ1) is 6.75. The largest absolute Gasteiger partial charge is 0.389 e. The third-order valence-corrected chi connectivity index (χ3v) is 3.51. The molecule has 0 fully saturated rings. The molecule has 0 aliphatic carbocycles. The van der Waals surface area contributed by atoms with Gasteiger partial charge in [0.1, 0.15) is 5.00 Å². The molecule has 14 heavy (non-hydrogen) atoms. The van der Waals surface area contributed by atoms with Crippen LogP contribution in [0.1, 0.15) is 5.56 Å². The van der Waals surface area contributed by atoms with Crippen LogP contribution >= 0.6 is 22.7 Å². The lowest BCUT2D eigenvalue weighted by molar-refractivity contribution is 0.919. The molecular weight excluding hydrogens is 214 g/mol. The average molecular weight is 225 g/mol. The van der Waals surface area contributed by atoms with Crippen molar-refractivity contribution in [2.75, 3.05) is 17.7 Å². The molecule has 2 N–H and O–H groups in total. The summed E-state index contributed by atoms with van der Waals surface area (Å²) >= 11 is 3.23. The van der Waals surface area contributed by atoms with E-state index in [1.165, 1.54) is 16.9 Å². The van der Waals surface area contributed by atoms with Crippen LogP contribution in [0.3, 0.4) is 0 Å². The molecule has 0 atom stereocenters. The monoisotopic (exact) mass is 225 g/mol. The molecule has 2 heterocycles. The predicted octanol–water partition coefficient (Wildman–Crippen LogP) is 2.42. The van der Waals surface area contributed by atoms with Gasteiger partial charge in [0.05, 0.1) is 6.20 Å². The Kier molecular flexibility index (Phi) is 2.69. The number of thiazole rings is 1. The van der Waals surface area contributed by atoms with E-state index in [9.17, 15) is 0 Å². The minimum absolute atomic E-state index is 0.761. The SMILES string of the molecule is CN(Cc1ccsc1)c1ncc(N)s1. The average Bonchev–Trinajstić information content (AvgIpc) is 2.75. The van der Waals surface area contributed by atoms with Crippen molar-refractivity contribution in [3.63, 3.8) is 0 Å². The Labute approximate surface area is 90.8 Å². The number of thiophene rings is 1. The van der Waals surface area contributed by atoms with Crippen LogP contribution in [0.5, 0.6) is 0 Å². The van der Waals surface area contributed by atoms with Gasteiger partial charge in [0.15, 0.2) is 5.13 Å². The summed E-state index contributed by atoms with van der Waals surface area (Å²) in [5.74, 6) is 0. The zero-order valence-corrected chi connectivity index (χ0v) is 9.44. The molecular formula is C9H11N3S2. The van der Waals surface area contributed by atoms with E-state index in [2.05, 4.69) is 26.7 Å². The molecule has 0 spiro atoms. The predicted molar refractivity (Wildman–Crippen MR) is 63.0 cm³/mol. The smallest absolute Gasteiger partial charge is 0.187 e. The summed E-state index contributed by atoms with van der Waals surface area (Å²) in [5, 5.41) is 5.96. The molecule has 0 radical (unpaired) electrons. The van der Waals surface area contributed by atoms with Gasteiger partial charge in [-0.3, -0.25) is 0 Å². The van der Waals surface area contributed by atoms with Gasteiger partial charge < -0.3 is 10.6 Å². The lowest BCUT2D eigenvalue weighted by Crippen LogP contribution is -2.15. The standard InChI is InChI=1S/C9H11N3S2/c1-12(5-7-2-3-13-6-7)9-11-4-8(10)14-9/h2-4,6H,5,10H2,1H3. The fourth-order valence-corrected chi connectivity index (χ4v) is 2.48. The van der Waals surface area contributed by atoms with Gasteiger partial charge >= 0.3 is 0 Å². The van der Waals surface area contributed by atoms with Gasteiger partial charge in [0.2, 0.25) is 0 Å². The van der Waals surface area contributed by atoms with E-state index in [4.69, 9.17) is 5.73 Å². The maximum atomic E-state index is 5.62. The Morgan fingerprint density at radius 2 is 2.43 bits per heavy atom. The summed E-state index contributed by atoms with van der Waals surface area (Å²) in [6.45, 7) is 0.885. The molecule has 3 nitrogen and oxygen atoms in total. The molecule has 0 bridgehead atoms. The minimum Gasteiger partial charge on any atom is -0.389 e. The molecule has 0 aromatic carbocycles. The first-order valence-corrected chi connectivity index (χ1v) is 5.95. The van der Waals surface area contributed by atoms with Gasteiger partial charge in [0, 0.05) is 13.6 Å². The van der Waals surface area contributed by atoms with E-state index in [1.807, 2.05) is 7.05 Å². The highest BCUT2D eigenvalue weighted by Crippen LogP contribution is 2.24. The van der Waals surface area contributed by atoms with Crippen LogP contribution in [0.25, 0.3) is 0 Å². The summed E-state index contributed by atoms with van der Waals surface area (Å²) in [7, 11) is 2.02. The van der Waals surface area contributed by atoms with Crippen LogP contribution in [0.4, 0.5) is 10.1 Å². The highest BCUT2D eigenvalue weighted by Gasteiger charge is 2.06. The number of anilines is 2. The van der Waals surface area contributed by atoms with Crippen molar-refractivity contribution < 1.29 is 0 Å². The Hall–Kier alpha value is -1.07. The Bertz CT molecular complexity index is 394. The van der Waals surface area contributed by atoms with Crippen molar-refractivity contribution in [2.45, 2.75) is 6.54 Å². The summed E-state index contributed by atoms with van der Waals surface area (Å²) in [5.41, 5.74) is 6.93. The quantitative estimate of drug-likeness (QED) is 0.872. The van der Waals surface area contributed by atoms with Gasteiger partial charge in [-0.25, -0.2) is 4.98 Å². The Morgan fingerprint density at radius 3 is 3.00 bits per heavy atom. The van der Waals surface area contributed by atoms with E-state index < -0.39 is 0 Å². The van der Waals surface area contributed by atoms with Crippen molar-refractivity contribution in [2.24, 2.45) is 0 Å². The van der Waals surface area contributed by atoms with Crippen molar-refractivity contribution in [1.82, 2.24) is 4.98 Å². The van der Waals surface area contributed by atoms with E-state index in [0.29, 0.717) is 0 Å². The van der Waals surface area contributed by atoms with E-state index in [0.717, 1.165) is 16.7 Å². The molecule has 5 heteroatoms. The number of aromatic nitrogens is 1. The lowest BCUT2D eigenvalue weighted by atomic mass is 10.3. The van der Waals surface area contributed by atoms with Crippen molar-refractivity contribution in [3.05, 3.63) is 28.6 Å². The normalized spacial score (nSPS) is 10.4. The fourth-order valence-electron chi connectivity index (χ4n) is 1.18. The van der Waals surface area contributed by atoms with Crippen molar-refractivity contribution in [1.29, 1.82) is 0 Å². The third kappa shape index (κ3) is 2.05. The summed E-state index contributed by atoms with van der Waals surface area (Å²) in [6, 6.07) is 2.12. The van der Waals surface area contributed by atoms with Crippen LogP contribution in [0.2, 0.25) is 0 Å². The first kappa shape index (κ1) is 9.48. The van der Waals surface area contributed by atoms with Crippen LogP contribution in [0.15, 0.2) is 23.0 Å². The molecule has 2 aromatic rings. The van der Waals surface area contributed by atoms with E-state index >= 15 is 0 Å². The zero-order valence-electron chi connectivity index (χ0n) is 7.80. The molecule has 2 rings (SSSR count). The molecule has 0 unspecified atom stereocenters. The molecule has 0 saturated carbocycles. The first-order valence-electron chi connectivity index (χ1n) is 4.19. The fraction of sp³-hybridized carbons (Fsp3) is 0.222. The lowest BCUT2D eigenvalue weighted by Gasteiger charge is -2.13. The number of hydrogen-bond donors (Lipinski definition) is 1. The molecule has 2 aromatic heterocycles. The second-order valence-electron chi connectivity index (χ2n) is 3.03. The Morgan fingerprint density at radius 1 is 1.57 bits per heavy atom. The maximum absolute atomic E-state index is 5.62. The number of rotatable bonds is 3. The van der Waals surface area contributed by atoms with Crippen molar-refractivity contribution in [3.8, 4) is 0 Å². The molecule has 0 aliphatic heterocycles. The third-order valence-electron chi connectivity index (χ3n) is 1.84. The van der Waals surface area contributed by atoms with Gasteiger partial charge in [-0.15, -0.1) is 0 Å². The van der Waals surface area contributed by atoms with E-state index in [1.54, 1.807) is 17.5 Å². The zero-order chi connectivity index (χ0) is 9.97. The highest BCUT2D eigenvalue weighted by atomic mass is 32.1. The number of nitrogens with zero attached hydrogens (tertiary/aromatic N) is 2. The summed E-state index contributed by atoms with van der Waals surface area (Å²) in [4.78, 5) is 6.32. The van der Waals surface area contributed by atoms with Crippen molar-refractivity contribution >= 4 is 32.8 Å². The minimum atomic E-state index is 0.761. The number of hydrogen-bond acceptors (Lipinski definition) is 5. The molecule has 0 aliphatic rings. The molecule has 0 amide bonds. The van der Waals surface area contributed by atoms with E-state index in [-0.39, 0.29) is 0 Å². The Balaban J connectivity index is 2.06. The van der Waals surface area contributed by atoms with Crippen LogP contribution in [-0.4, -0.2) is 12.0 Å². The number of nitrogen functional groups attached to an aromatic ring is 1. The summed E-state index contributed by atoms with van der Waals surface area (Å²) < 4.78 is 0. The molecule has 74 valence electrons. The molecule has 0 saturated heterocycles. The van der Waals surface area contributed by atoms with Crippen LogP contribution in [-0.2, 0) is 6.54 Å². The van der Waals surface area contributed by atoms with Crippen LogP contribution < -0.4 is 10.6 Å². The second-order valence-corrected chi connectivity index (χ2v) is 4.85. The van der Waals surface area contributed by atoms with Gasteiger partial charge in [-0.1, -0.05) is 11.3 Å². The number of nitrogens with two attached hydrogens (primary N) is 1. The highest BCUT2D eigenvalue weighted by molar-refractivity contribution is 7.19. The second kappa shape index (κ2) is 3.98. The summed E-state index contributed by atoms with van der Waals surface area (Å²) in [6.07, 6.45) is 1.70. The maximum Gasteiger partial charge on any atom is 0.187 e. The van der Waals surface area contributed by atoms with Crippen LogP contribution in [0, 0.1) is 0 Å². The van der Waals surface area contributed by atoms with Gasteiger partial charge in [0.25, 0.3) is 0 Å². The van der Waals surface area contributed by atoms with Gasteiger partial charge in [-0.2, -0.15) is 11.3 Å². The van der Waals surface area contributed by atoms with Gasteiger partial charge in [-0.05, 0) is 22.4 Å².